The minimum Gasteiger partial charge on any atom is -0.381 e. The first kappa shape index (κ1) is 15.1. The molecule has 0 unspecified atom stereocenters. The first-order valence-electron chi connectivity index (χ1n) is 7.13. The van der Waals surface area contributed by atoms with Crippen LogP contribution in [0.15, 0.2) is 0 Å². The van der Waals surface area contributed by atoms with Crippen LogP contribution in [-0.4, -0.2) is 56.5 Å². The van der Waals surface area contributed by atoms with Crippen LogP contribution in [0.5, 0.6) is 0 Å². The Morgan fingerprint density at radius 3 is 2.26 bits per heavy atom. The molecule has 2 fully saturated rings. The molecule has 0 aromatic rings. The van der Waals surface area contributed by atoms with Gasteiger partial charge in [0.15, 0.2) is 0 Å². The lowest BCUT2D eigenvalue weighted by atomic mass is 9.98. The Morgan fingerprint density at radius 1 is 1.05 bits per heavy atom. The maximum atomic E-state index is 12.3. The molecule has 0 amide bonds. The second-order valence-electron chi connectivity index (χ2n) is 5.63. The van der Waals surface area contributed by atoms with Crippen molar-refractivity contribution in [3.8, 4) is 0 Å². The molecule has 2 heterocycles. The number of piperidine rings is 1. The predicted octanol–water partition coefficient (Wildman–Crippen LogP) is 2.03. The fraction of sp³-hybridized carbons (Fsp3) is 1.00. The number of rotatable bonds is 4. The fourth-order valence-corrected chi connectivity index (χ4v) is 2.83. The Morgan fingerprint density at radius 2 is 1.68 bits per heavy atom. The molecule has 2 aliphatic heterocycles. The lowest BCUT2D eigenvalue weighted by molar-refractivity contribution is -0.148. The van der Waals surface area contributed by atoms with E-state index in [2.05, 4.69) is 5.32 Å². The highest BCUT2D eigenvalue weighted by Crippen LogP contribution is 2.20. The summed E-state index contributed by atoms with van der Waals surface area (Å²) in [6.45, 7) is 3.00. The number of likely N-dealkylation sites (tertiary alicyclic amines) is 1. The zero-order valence-electron chi connectivity index (χ0n) is 11.2. The van der Waals surface area contributed by atoms with Crippen molar-refractivity contribution in [2.45, 2.75) is 37.9 Å². The molecule has 0 radical (unpaired) electrons. The molecule has 6 heteroatoms. The molecule has 0 bridgehead atoms. The van der Waals surface area contributed by atoms with Gasteiger partial charge in [0.2, 0.25) is 0 Å². The van der Waals surface area contributed by atoms with Gasteiger partial charge < -0.3 is 10.1 Å². The van der Waals surface area contributed by atoms with Crippen molar-refractivity contribution in [2.24, 2.45) is 5.92 Å². The fourth-order valence-electron chi connectivity index (χ4n) is 2.83. The second-order valence-corrected chi connectivity index (χ2v) is 5.63. The van der Waals surface area contributed by atoms with Crippen molar-refractivity contribution in [3.05, 3.63) is 0 Å². The average molecular weight is 280 g/mol. The highest BCUT2D eigenvalue weighted by Gasteiger charge is 2.32. The average Bonchev–Trinajstić information content (AvgIpc) is 2.37. The number of hydrogen-bond donors (Lipinski definition) is 1. The van der Waals surface area contributed by atoms with Gasteiger partial charge in [0.05, 0.1) is 6.54 Å². The van der Waals surface area contributed by atoms with Gasteiger partial charge in [0, 0.05) is 19.3 Å². The molecule has 2 saturated heterocycles. The third-order valence-corrected chi connectivity index (χ3v) is 4.03. The smallest absolute Gasteiger partial charge is 0.381 e. The molecule has 0 saturated carbocycles. The highest BCUT2D eigenvalue weighted by molar-refractivity contribution is 4.79. The summed E-state index contributed by atoms with van der Waals surface area (Å²) in [5.41, 5.74) is 0. The summed E-state index contributed by atoms with van der Waals surface area (Å²) in [4.78, 5) is 1.51. The predicted molar refractivity (Wildman–Crippen MR) is 67.1 cm³/mol. The van der Waals surface area contributed by atoms with Crippen molar-refractivity contribution in [2.75, 3.05) is 39.4 Å². The third-order valence-electron chi connectivity index (χ3n) is 4.03. The zero-order chi connectivity index (χ0) is 13.7. The Labute approximate surface area is 112 Å². The first-order valence-corrected chi connectivity index (χ1v) is 7.13. The largest absolute Gasteiger partial charge is 0.401 e. The molecule has 0 aromatic carbocycles. The molecule has 3 nitrogen and oxygen atoms in total. The third kappa shape index (κ3) is 5.67. The first-order chi connectivity index (χ1) is 9.03. The van der Waals surface area contributed by atoms with E-state index in [0.29, 0.717) is 25.0 Å². The monoisotopic (exact) mass is 280 g/mol. The van der Waals surface area contributed by atoms with E-state index < -0.39 is 12.7 Å². The Bertz CT molecular complexity index is 259. The van der Waals surface area contributed by atoms with Crippen molar-refractivity contribution in [1.29, 1.82) is 0 Å². The Kier molecular flexibility index (Phi) is 5.47. The zero-order valence-corrected chi connectivity index (χ0v) is 11.2. The van der Waals surface area contributed by atoms with Gasteiger partial charge in [0.25, 0.3) is 0 Å². The van der Waals surface area contributed by atoms with Gasteiger partial charge in [0.1, 0.15) is 0 Å². The number of nitrogens with zero attached hydrogens (tertiary/aromatic N) is 1. The van der Waals surface area contributed by atoms with Gasteiger partial charge in [-0.1, -0.05) is 0 Å². The molecule has 112 valence electrons. The van der Waals surface area contributed by atoms with Crippen LogP contribution < -0.4 is 5.32 Å². The van der Waals surface area contributed by atoms with E-state index in [1.807, 2.05) is 0 Å². The number of halogens is 3. The van der Waals surface area contributed by atoms with Gasteiger partial charge in [-0.25, -0.2) is 0 Å². The van der Waals surface area contributed by atoms with Crippen LogP contribution >= 0.6 is 0 Å². The van der Waals surface area contributed by atoms with Crippen LogP contribution in [0.2, 0.25) is 0 Å². The van der Waals surface area contributed by atoms with Gasteiger partial charge in [-0.2, -0.15) is 13.2 Å². The maximum Gasteiger partial charge on any atom is 0.401 e. The Balaban J connectivity index is 1.60. The van der Waals surface area contributed by atoms with Crippen LogP contribution in [-0.2, 0) is 4.74 Å². The summed E-state index contributed by atoms with van der Waals surface area (Å²) in [7, 11) is 0. The van der Waals surface area contributed by atoms with Crippen LogP contribution in [0, 0.1) is 5.92 Å². The number of alkyl halides is 3. The van der Waals surface area contributed by atoms with Crippen molar-refractivity contribution < 1.29 is 17.9 Å². The number of nitrogens with one attached hydrogen (secondary N) is 1. The van der Waals surface area contributed by atoms with E-state index in [0.717, 1.165) is 45.4 Å². The molecule has 0 spiro atoms. The van der Waals surface area contributed by atoms with Gasteiger partial charge in [-0.15, -0.1) is 0 Å². The minimum absolute atomic E-state index is 0.382. The molecule has 1 N–H and O–H groups in total. The summed E-state index contributed by atoms with van der Waals surface area (Å²) >= 11 is 0. The lowest BCUT2D eigenvalue weighted by Crippen LogP contribution is -2.46. The van der Waals surface area contributed by atoms with Crippen LogP contribution in [0.3, 0.4) is 0 Å². The summed E-state index contributed by atoms with van der Waals surface area (Å²) in [5.74, 6) is 0.668. The highest BCUT2D eigenvalue weighted by atomic mass is 19.4. The Hall–Kier alpha value is -0.330. The molecular weight excluding hydrogens is 257 g/mol. The lowest BCUT2D eigenvalue weighted by Gasteiger charge is -2.34. The van der Waals surface area contributed by atoms with Crippen LogP contribution in [0.1, 0.15) is 25.7 Å². The molecular formula is C13H23F3N2O. The summed E-state index contributed by atoms with van der Waals surface area (Å²) in [6.07, 6.45) is -0.235. The van der Waals surface area contributed by atoms with E-state index in [4.69, 9.17) is 4.74 Å². The summed E-state index contributed by atoms with van der Waals surface area (Å²) in [5, 5.41) is 3.51. The normalized spacial score (nSPS) is 24.8. The second kappa shape index (κ2) is 6.90. The number of ether oxygens (including phenoxy) is 1. The van der Waals surface area contributed by atoms with Crippen molar-refractivity contribution in [3.63, 3.8) is 0 Å². The maximum absolute atomic E-state index is 12.3. The molecule has 0 aliphatic carbocycles. The van der Waals surface area contributed by atoms with Crippen LogP contribution in [0.25, 0.3) is 0 Å². The molecule has 2 rings (SSSR count). The molecule has 0 atom stereocenters. The molecule has 0 aromatic heterocycles. The van der Waals surface area contributed by atoms with E-state index in [-0.39, 0.29) is 0 Å². The van der Waals surface area contributed by atoms with Gasteiger partial charge >= 0.3 is 6.18 Å². The van der Waals surface area contributed by atoms with Gasteiger partial charge in [-0.05, 0) is 51.2 Å². The molecule has 19 heavy (non-hydrogen) atoms. The standard InChI is InChI=1S/C13H23F3N2O/c14-13(15,16)10-18-5-1-12(2-6-18)17-9-11-3-7-19-8-4-11/h11-12,17H,1-10H2. The van der Waals surface area contributed by atoms with Crippen molar-refractivity contribution >= 4 is 0 Å². The van der Waals surface area contributed by atoms with E-state index >= 15 is 0 Å². The quantitative estimate of drug-likeness (QED) is 0.853. The van der Waals surface area contributed by atoms with Gasteiger partial charge in [-0.3, -0.25) is 4.90 Å². The summed E-state index contributed by atoms with van der Waals surface area (Å²) < 4.78 is 42.1. The van der Waals surface area contributed by atoms with E-state index in [9.17, 15) is 13.2 Å². The topological polar surface area (TPSA) is 24.5 Å². The minimum atomic E-state index is -4.07. The summed E-state index contributed by atoms with van der Waals surface area (Å²) in [6, 6.07) is 0.382. The molecule has 2 aliphatic rings. The number of hydrogen-bond acceptors (Lipinski definition) is 3. The van der Waals surface area contributed by atoms with E-state index in [1.165, 1.54) is 4.90 Å². The van der Waals surface area contributed by atoms with Crippen LogP contribution in [0.4, 0.5) is 13.2 Å². The van der Waals surface area contributed by atoms with Crippen molar-refractivity contribution in [1.82, 2.24) is 10.2 Å². The SMILES string of the molecule is FC(F)(F)CN1CCC(NCC2CCOCC2)CC1. The van der Waals surface area contributed by atoms with E-state index in [1.54, 1.807) is 0 Å².